The fourth-order valence-electron chi connectivity index (χ4n) is 3.50. The summed E-state index contributed by atoms with van der Waals surface area (Å²) in [5.41, 5.74) is 7.44. The first-order valence-corrected chi connectivity index (χ1v) is 7.63. The number of halogens is 1. The van der Waals surface area contributed by atoms with Crippen molar-refractivity contribution >= 4 is 27.5 Å². The minimum absolute atomic E-state index is 0.0977. The van der Waals surface area contributed by atoms with Gasteiger partial charge >= 0.3 is 0 Å². The van der Waals surface area contributed by atoms with E-state index in [-0.39, 0.29) is 11.9 Å². The molecule has 5 nitrogen and oxygen atoms in total. The number of nitrogens with zero attached hydrogens (tertiary/aromatic N) is 2. The Labute approximate surface area is 126 Å². The number of benzene rings is 1. The molecule has 0 saturated carbocycles. The first-order valence-electron chi connectivity index (χ1n) is 6.84. The summed E-state index contributed by atoms with van der Waals surface area (Å²) in [5.74, 6) is 0.0977. The number of hydrogen-bond acceptors (Lipinski definition) is 4. The summed E-state index contributed by atoms with van der Waals surface area (Å²) in [6.45, 7) is 0. The molecule has 0 radical (unpaired) electrons. The van der Waals surface area contributed by atoms with Crippen LogP contribution in [0.15, 0.2) is 27.8 Å². The van der Waals surface area contributed by atoms with E-state index >= 15 is 0 Å². The number of aliphatic hydroxyl groups is 1. The molecular formula is C14H18BrN3O2. The van der Waals surface area contributed by atoms with Gasteiger partial charge in [-0.25, -0.2) is 0 Å². The number of rotatable bonds is 2. The lowest BCUT2D eigenvalue weighted by Gasteiger charge is -2.39. The molecule has 1 aromatic carbocycles. The molecule has 0 spiro atoms. The SMILES string of the molecule is N/C(=N/O)c1ccc(N2C3CCC2CC(O)C3)cc1Br. The lowest BCUT2D eigenvalue weighted by atomic mass is 9.99. The quantitative estimate of drug-likeness (QED) is 0.333. The van der Waals surface area contributed by atoms with Crippen LogP contribution in [0.4, 0.5) is 5.69 Å². The van der Waals surface area contributed by atoms with E-state index in [0.717, 1.165) is 35.8 Å². The van der Waals surface area contributed by atoms with Crippen molar-refractivity contribution in [3.63, 3.8) is 0 Å². The summed E-state index contributed by atoms with van der Waals surface area (Å²) in [6, 6.07) is 6.71. The van der Waals surface area contributed by atoms with Crippen LogP contribution in [0.3, 0.4) is 0 Å². The highest BCUT2D eigenvalue weighted by atomic mass is 79.9. The van der Waals surface area contributed by atoms with Crippen molar-refractivity contribution in [2.24, 2.45) is 10.9 Å². The minimum Gasteiger partial charge on any atom is -0.409 e. The number of piperidine rings is 1. The Bertz CT molecular complexity index is 535. The van der Waals surface area contributed by atoms with Gasteiger partial charge in [0.2, 0.25) is 0 Å². The average molecular weight is 340 g/mol. The Morgan fingerprint density at radius 2 is 1.95 bits per heavy atom. The minimum atomic E-state index is -0.163. The molecule has 0 aromatic heterocycles. The molecule has 20 heavy (non-hydrogen) atoms. The molecule has 1 aromatic rings. The summed E-state index contributed by atoms with van der Waals surface area (Å²) in [6.07, 6.45) is 3.80. The normalized spacial score (nSPS) is 29.8. The molecule has 0 amide bonds. The van der Waals surface area contributed by atoms with Gasteiger partial charge in [0.05, 0.1) is 6.10 Å². The average Bonchev–Trinajstić information content (AvgIpc) is 2.70. The zero-order valence-electron chi connectivity index (χ0n) is 11.0. The van der Waals surface area contributed by atoms with Crippen LogP contribution >= 0.6 is 15.9 Å². The van der Waals surface area contributed by atoms with Crippen LogP contribution in [0.1, 0.15) is 31.2 Å². The zero-order valence-corrected chi connectivity index (χ0v) is 12.6. The third-order valence-corrected chi connectivity index (χ3v) is 5.00. The molecule has 108 valence electrons. The van der Waals surface area contributed by atoms with Crippen molar-refractivity contribution in [3.05, 3.63) is 28.2 Å². The van der Waals surface area contributed by atoms with Crippen molar-refractivity contribution < 1.29 is 10.3 Å². The third kappa shape index (κ3) is 2.27. The third-order valence-electron chi connectivity index (χ3n) is 4.34. The highest BCUT2D eigenvalue weighted by Gasteiger charge is 2.40. The van der Waals surface area contributed by atoms with E-state index in [1.54, 1.807) is 0 Å². The highest BCUT2D eigenvalue weighted by Crippen LogP contribution is 2.40. The second-order valence-electron chi connectivity index (χ2n) is 5.57. The van der Waals surface area contributed by atoms with Crippen molar-refractivity contribution in [2.45, 2.75) is 43.9 Å². The predicted octanol–water partition coefficient (Wildman–Crippen LogP) is 2.04. The molecule has 2 heterocycles. The molecular weight excluding hydrogens is 322 g/mol. The number of fused-ring (bicyclic) bond motifs is 2. The number of hydrogen-bond donors (Lipinski definition) is 3. The van der Waals surface area contributed by atoms with Gasteiger partial charge in [-0.15, -0.1) is 0 Å². The molecule has 2 saturated heterocycles. The van der Waals surface area contributed by atoms with E-state index in [4.69, 9.17) is 10.9 Å². The van der Waals surface area contributed by atoms with Gasteiger partial charge in [-0.3, -0.25) is 0 Å². The van der Waals surface area contributed by atoms with Crippen LogP contribution in [-0.4, -0.2) is 34.3 Å². The van der Waals surface area contributed by atoms with Gasteiger partial charge < -0.3 is 20.9 Å². The molecule has 2 bridgehead atoms. The fraction of sp³-hybridized carbons (Fsp3) is 0.500. The van der Waals surface area contributed by atoms with E-state index < -0.39 is 0 Å². The van der Waals surface area contributed by atoms with Crippen LogP contribution < -0.4 is 10.6 Å². The molecule has 2 aliphatic heterocycles. The zero-order chi connectivity index (χ0) is 14.3. The monoisotopic (exact) mass is 339 g/mol. The molecule has 2 aliphatic rings. The van der Waals surface area contributed by atoms with Gasteiger partial charge in [0.15, 0.2) is 5.84 Å². The Morgan fingerprint density at radius 1 is 1.30 bits per heavy atom. The number of amidine groups is 1. The number of aliphatic hydroxyl groups excluding tert-OH is 1. The van der Waals surface area contributed by atoms with E-state index in [1.165, 1.54) is 0 Å². The smallest absolute Gasteiger partial charge is 0.171 e. The molecule has 2 atom stereocenters. The topological polar surface area (TPSA) is 82.1 Å². The maximum atomic E-state index is 9.86. The molecule has 2 fully saturated rings. The van der Waals surface area contributed by atoms with Gasteiger partial charge in [-0.1, -0.05) is 5.16 Å². The summed E-state index contributed by atoms with van der Waals surface area (Å²) < 4.78 is 0.816. The van der Waals surface area contributed by atoms with Crippen molar-refractivity contribution in [1.82, 2.24) is 0 Å². The Balaban J connectivity index is 1.90. The maximum Gasteiger partial charge on any atom is 0.171 e. The van der Waals surface area contributed by atoms with Gasteiger partial charge in [-0.05, 0) is 59.8 Å². The summed E-state index contributed by atoms with van der Waals surface area (Å²) in [5, 5.41) is 21.7. The van der Waals surface area contributed by atoms with Gasteiger partial charge in [0.1, 0.15) is 0 Å². The summed E-state index contributed by atoms with van der Waals surface area (Å²) in [4.78, 5) is 2.41. The molecule has 3 rings (SSSR count). The maximum absolute atomic E-state index is 9.86. The van der Waals surface area contributed by atoms with Crippen LogP contribution in [-0.2, 0) is 0 Å². The van der Waals surface area contributed by atoms with E-state index in [2.05, 4.69) is 26.0 Å². The molecule has 6 heteroatoms. The largest absolute Gasteiger partial charge is 0.409 e. The van der Waals surface area contributed by atoms with Crippen LogP contribution in [0.5, 0.6) is 0 Å². The fourth-order valence-corrected chi connectivity index (χ4v) is 4.07. The first kappa shape index (κ1) is 13.7. The molecule has 0 aliphatic carbocycles. The Hall–Kier alpha value is -1.27. The lowest BCUT2D eigenvalue weighted by molar-refractivity contribution is 0.126. The Morgan fingerprint density at radius 3 is 2.50 bits per heavy atom. The van der Waals surface area contributed by atoms with Crippen molar-refractivity contribution in [1.29, 1.82) is 0 Å². The van der Waals surface area contributed by atoms with E-state index in [1.807, 2.05) is 18.2 Å². The lowest BCUT2D eigenvalue weighted by Crippen LogP contribution is -2.44. The number of oxime groups is 1. The van der Waals surface area contributed by atoms with E-state index in [9.17, 15) is 5.11 Å². The van der Waals surface area contributed by atoms with Crippen LogP contribution in [0, 0.1) is 0 Å². The summed E-state index contributed by atoms with van der Waals surface area (Å²) in [7, 11) is 0. The molecule has 2 unspecified atom stereocenters. The van der Waals surface area contributed by atoms with Crippen molar-refractivity contribution in [2.75, 3.05) is 4.90 Å². The molecule has 4 N–H and O–H groups in total. The van der Waals surface area contributed by atoms with Gasteiger partial charge in [-0.2, -0.15) is 0 Å². The second-order valence-corrected chi connectivity index (χ2v) is 6.42. The Kier molecular flexibility index (Phi) is 3.60. The number of anilines is 1. The van der Waals surface area contributed by atoms with Crippen LogP contribution in [0.25, 0.3) is 0 Å². The van der Waals surface area contributed by atoms with Gasteiger partial charge in [0, 0.05) is 27.8 Å². The highest BCUT2D eigenvalue weighted by molar-refractivity contribution is 9.10. The number of nitrogens with two attached hydrogens (primary N) is 1. The van der Waals surface area contributed by atoms with Crippen LogP contribution in [0.2, 0.25) is 0 Å². The second kappa shape index (κ2) is 5.26. The standard InChI is InChI=1S/C14H18BrN3O2/c15-13-7-10(3-4-12(13)14(16)17-20)18-8-1-2-9(18)6-11(19)5-8/h3-4,7-9,11,19-20H,1-2,5-6H2,(H2,16,17). The van der Waals surface area contributed by atoms with Crippen molar-refractivity contribution in [3.8, 4) is 0 Å². The predicted molar refractivity (Wildman–Crippen MR) is 81.2 cm³/mol. The first-order chi connectivity index (χ1) is 9.60. The summed E-state index contributed by atoms with van der Waals surface area (Å²) >= 11 is 3.48. The van der Waals surface area contributed by atoms with Gasteiger partial charge in [0.25, 0.3) is 0 Å². The van der Waals surface area contributed by atoms with E-state index in [0.29, 0.717) is 17.6 Å².